The van der Waals surface area contributed by atoms with Crippen LogP contribution >= 0.6 is 0 Å². The summed E-state index contributed by atoms with van der Waals surface area (Å²) >= 11 is 0. The van der Waals surface area contributed by atoms with Gasteiger partial charge < -0.3 is 16.3 Å². The maximum Gasteiger partial charge on any atom is 0.249 e. The maximum absolute atomic E-state index is 13.0. The first-order valence-corrected chi connectivity index (χ1v) is 10.4. The number of nitrogens with one attached hydrogen (secondary N) is 1. The Morgan fingerprint density at radius 3 is 2.82 bits per heavy atom. The Labute approximate surface area is 162 Å². The molecule has 1 aromatic heterocycles. The van der Waals surface area contributed by atoms with Crippen LogP contribution in [-0.4, -0.2) is 55.4 Å². The van der Waals surface area contributed by atoms with Crippen LogP contribution < -0.4 is 15.8 Å². The normalized spacial score (nSPS) is 26.2. The highest BCUT2D eigenvalue weighted by Gasteiger charge is 2.55. The lowest BCUT2D eigenvalue weighted by Crippen LogP contribution is -2.45. The van der Waals surface area contributed by atoms with Crippen molar-refractivity contribution in [3.05, 3.63) is 29.7 Å². The highest BCUT2D eigenvalue weighted by molar-refractivity contribution is 7.89. The molecule has 3 heterocycles. The molecule has 2 aliphatic rings. The molecule has 0 radical (unpaired) electrons. The number of Topliss-reactive ketones (excluding diaryl/α,β-unsaturated/α-hetero) is 2. The molecule has 1 amide bonds. The van der Waals surface area contributed by atoms with Crippen LogP contribution in [0.25, 0.3) is 0 Å². The van der Waals surface area contributed by atoms with Crippen LogP contribution in [0, 0.1) is 17.0 Å². The number of carbonyl (C=O) groups is 3. The molecule has 4 atom stereocenters. The number of aromatic nitrogens is 1. The first-order valence-electron chi connectivity index (χ1n) is 8.91. The lowest BCUT2D eigenvalue weighted by Gasteiger charge is -2.26. The molecule has 152 valence electrons. The van der Waals surface area contributed by atoms with Gasteiger partial charge in [-0.2, -0.15) is 9.04 Å². The first-order chi connectivity index (χ1) is 13.1. The molecule has 0 saturated carbocycles. The molecule has 4 unspecified atom stereocenters. The number of primary amides is 1. The number of carbonyl (C=O) groups excluding carboxylic acids is 3. The van der Waals surface area contributed by atoms with Gasteiger partial charge >= 0.3 is 0 Å². The largest absolute Gasteiger partial charge is 0.619 e. The van der Waals surface area contributed by atoms with Gasteiger partial charge in [0.15, 0.2) is 18.2 Å². The van der Waals surface area contributed by atoms with Crippen LogP contribution in [0.5, 0.6) is 0 Å². The fourth-order valence-corrected chi connectivity index (χ4v) is 5.36. The molecule has 0 aromatic carbocycles. The third-order valence-electron chi connectivity index (χ3n) is 5.38. The minimum absolute atomic E-state index is 0.0631. The van der Waals surface area contributed by atoms with Crippen molar-refractivity contribution < 1.29 is 27.5 Å². The van der Waals surface area contributed by atoms with Crippen LogP contribution in [0.4, 0.5) is 0 Å². The van der Waals surface area contributed by atoms with Gasteiger partial charge in [0.1, 0.15) is 10.7 Å². The van der Waals surface area contributed by atoms with E-state index in [4.69, 9.17) is 5.73 Å². The topological polar surface area (TPSA) is 154 Å². The molecule has 3 rings (SSSR count). The molecule has 2 fully saturated rings. The van der Waals surface area contributed by atoms with Crippen molar-refractivity contribution in [2.24, 2.45) is 17.6 Å². The van der Waals surface area contributed by atoms with Crippen molar-refractivity contribution in [3.8, 4) is 0 Å². The molecule has 2 aliphatic heterocycles. The summed E-state index contributed by atoms with van der Waals surface area (Å²) in [6, 6.07) is 0.959. The van der Waals surface area contributed by atoms with E-state index in [1.165, 1.54) is 12.1 Å². The summed E-state index contributed by atoms with van der Waals surface area (Å²) < 4.78 is 27.4. The van der Waals surface area contributed by atoms with E-state index in [0.29, 0.717) is 4.73 Å². The van der Waals surface area contributed by atoms with Crippen molar-refractivity contribution in [1.29, 1.82) is 0 Å². The van der Waals surface area contributed by atoms with E-state index in [2.05, 4.69) is 5.32 Å². The van der Waals surface area contributed by atoms with Crippen LogP contribution in [0.2, 0.25) is 0 Å². The molecule has 11 heteroatoms. The van der Waals surface area contributed by atoms with E-state index < -0.39 is 39.8 Å². The van der Waals surface area contributed by atoms with Gasteiger partial charge in [-0.05, 0) is 12.5 Å². The number of amides is 1. The number of pyridine rings is 1. The van der Waals surface area contributed by atoms with Crippen LogP contribution in [0.1, 0.15) is 19.8 Å². The number of rotatable bonds is 7. The van der Waals surface area contributed by atoms with Gasteiger partial charge in [0.2, 0.25) is 15.9 Å². The molecule has 28 heavy (non-hydrogen) atoms. The summed E-state index contributed by atoms with van der Waals surface area (Å²) in [6.45, 7) is 1.43. The molecule has 2 saturated heterocycles. The third kappa shape index (κ3) is 3.64. The zero-order valence-electron chi connectivity index (χ0n) is 15.3. The predicted molar refractivity (Wildman–Crippen MR) is 96.0 cm³/mol. The molecule has 3 N–H and O–H groups in total. The second-order valence-electron chi connectivity index (χ2n) is 7.21. The van der Waals surface area contributed by atoms with E-state index in [0.717, 1.165) is 16.7 Å². The van der Waals surface area contributed by atoms with E-state index >= 15 is 0 Å². The van der Waals surface area contributed by atoms with Crippen molar-refractivity contribution in [3.63, 3.8) is 0 Å². The minimum Gasteiger partial charge on any atom is -0.619 e. The zero-order valence-corrected chi connectivity index (χ0v) is 16.1. The highest BCUT2D eigenvalue weighted by atomic mass is 32.2. The van der Waals surface area contributed by atoms with E-state index in [1.807, 2.05) is 0 Å². The Morgan fingerprint density at radius 2 is 2.18 bits per heavy atom. The van der Waals surface area contributed by atoms with Crippen LogP contribution in [0.3, 0.4) is 0 Å². The quantitative estimate of drug-likeness (QED) is 0.402. The van der Waals surface area contributed by atoms with Gasteiger partial charge in [-0.15, -0.1) is 0 Å². The average molecular weight is 410 g/mol. The Morgan fingerprint density at radius 1 is 1.46 bits per heavy atom. The summed E-state index contributed by atoms with van der Waals surface area (Å²) in [4.78, 5) is 36.0. The van der Waals surface area contributed by atoms with Crippen molar-refractivity contribution in [2.75, 3.05) is 13.1 Å². The van der Waals surface area contributed by atoms with Crippen LogP contribution in [-0.2, 0) is 24.4 Å². The Hall–Kier alpha value is -2.37. The number of nitrogens with zero attached hydrogens (tertiary/aromatic N) is 2. The van der Waals surface area contributed by atoms with Gasteiger partial charge in [-0.1, -0.05) is 6.92 Å². The number of fused-ring (bicyclic) bond motifs is 1. The highest BCUT2D eigenvalue weighted by Crippen LogP contribution is 2.33. The van der Waals surface area contributed by atoms with E-state index in [-0.39, 0.29) is 42.4 Å². The molecule has 1 aromatic rings. The summed E-state index contributed by atoms with van der Waals surface area (Å²) in [5.41, 5.74) is 5.21. The summed E-state index contributed by atoms with van der Waals surface area (Å²) in [5.74, 6) is -2.24. The monoisotopic (exact) mass is 410 g/mol. The summed E-state index contributed by atoms with van der Waals surface area (Å²) in [7, 11) is -4.13. The summed E-state index contributed by atoms with van der Waals surface area (Å²) in [5, 5.41) is 14.4. The van der Waals surface area contributed by atoms with Crippen molar-refractivity contribution >= 4 is 27.5 Å². The van der Waals surface area contributed by atoms with Crippen LogP contribution in [0.15, 0.2) is 29.4 Å². The molecule has 0 spiro atoms. The van der Waals surface area contributed by atoms with Gasteiger partial charge in [0, 0.05) is 30.9 Å². The Kier molecular flexibility index (Phi) is 5.50. The number of hydrogen-bond donors (Lipinski definition) is 2. The first kappa shape index (κ1) is 20.4. The van der Waals surface area contributed by atoms with Gasteiger partial charge in [-0.3, -0.25) is 14.4 Å². The maximum atomic E-state index is 13.0. The van der Waals surface area contributed by atoms with Crippen molar-refractivity contribution in [2.45, 2.75) is 36.7 Å². The number of hydrogen-bond acceptors (Lipinski definition) is 7. The second kappa shape index (κ2) is 7.57. The molecular formula is C17H22N4O6S. The Bertz CT molecular complexity index is 918. The SMILES string of the molecule is CC(CCC(=O)C1CNC2C(=O)CN(S(=O)(=O)c3ccc[n+]([O-])c3)C12)C(N)=O. The van der Waals surface area contributed by atoms with Crippen molar-refractivity contribution in [1.82, 2.24) is 9.62 Å². The third-order valence-corrected chi connectivity index (χ3v) is 7.21. The average Bonchev–Trinajstić information content (AvgIpc) is 3.21. The molecule has 10 nitrogen and oxygen atoms in total. The number of nitrogens with two attached hydrogens (primary N) is 1. The predicted octanol–water partition coefficient (Wildman–Crippen LogP) is -1.68. The molecule has 0 bridgehead atoms. The fourth-order valence-electron chi connectivity index (χ4n) is 3.71. The van der Waals surface area contributed by atoms with Gasteiger partial charge in [0.05, 0.1) is 18.6 Å². The van der Waals surface area contributed by atoms with E-state index in [9.17, 15) is 28.0 Å². The lowest BCUT2D eigenvalue weighted by molar-refractivity contribution is -0.607. The smallest absolute Gasteiger partial charge is 0.249 e. The lowest BCUT2D eigenvalue weighted by atomic mass is 9.91. The van der Waals surface area contributed by atoms with E-state index in [1.54, 1.807) is 6.92 Å². The fraction of sp³-hybridized carbons (Fsp3) is 0.529. The standard InChI is InChI=1S/C17H22N4O6S/c1-10(17(18)24)4-5-13(22)12-7-19-15-14(23)9-21(16(12)15)28(26,27)11-3-2-6-20(25)8-11/h2-3,6,8,10,12,15-16,19H,4-5,7,9H2,1H3,(H2,18,24). The summed E-state index contributed by atoms with van der Waals surface area (Å²) in [6.07, 6.45) is 2.40. The van der Waals surface area contributed by atoms with Gasteiger partial charge in [0.25, 0.3) is 0 Å². The molecule has 0 aliphatic carbocycles. The number of ketones is 2. The van der Waals surface area contributed by atoms with Gasteiger partial charge in [-0.25, -0.2) is 8.42 Å². The number of sulfonamides is 1. The Balaban J connectivity index is 1.84. The minimum atomic E-state index is -4.13. The second-order valence-corrected chi connectivity index (χ2v) is 9.10. The molecular weight excluding hydrogens is 388 g/mol. The zero-order chi connectivity index (χ0) is 20.6.